The maximum absolute atomic E-state index is 2.00. The molecule has 0 saturated heterocycles. The van der Waals surface area contributed by atoms with Gasteiger partial charge in [-0.05, 0) is 21.1 Å². The second-order valence-electron chi connectivity index (χ2n) is 3.02. The molecule has 50 valence electrons. The summed E-state index contributed by atoms with van der Waals surface area (Å²) in [7, 11) is 7.46. The number of rotatable bonds is 0. The summed E-state index contributed by atoms with van der Waals surface area (Å²) in [5.74, 6) is 0. The van der Waals surface area contributed by atoms with Crippen LogP contribution in [0.2, 0.25) is 5.54 Å². The average molecular weight is 131 g/mol. The monoisotopic (exact) mass is 131 g/mol. The smallest absolute Gasteiger partial charge is 0.00672 e. The van der Waals surface area contributed by atoms with E-state index in [1.165, 1.54) is 15.8 Å². The predicted octanol–water partition coefficient (Wildman–Crippen LogP) is 0.112. The Hall–Kier alpha value is 0.177. The van der Waals surface area contributed by atoms with Gasteiger partial charge in [-0.25, -0.2) is 0 Å². The molecule has 0 aromatic heterocycles. The van der Waals surface area contributed by atoms with E-state index >= 15 is 0 Å². The van der Waals surface area contributed by atoms with Crippen molar-refractivity contribution in [3.05, 3.63) is 0 Å². The summed E-state index contributed by atoms with van der Waals surface area (Å²) < 4.78 is 0. The van der Waals surface area contributed by atoms with Gasteiger partial charge < -0.3 is 4.90 Å². The lowest BCUT2D eigenvalue weighted by molar-refractivity contribution is 0.505. The Labute approximate surface area is 55.5 Å². The van der Waals surface area contributed by atoms with Crippen molar-refractivity contribution < 1.29 is 0 Å². The summed E-state index contributed by atoms with van der Waals surface area (Å²) in [5, 5.41) is 0. The van der Waals surface area contributed by atoms with Crippen molar-refractivity contribution in [1.29, 1.82) is 0 Å². The van der Waals surface area contributed by atoms with Crippen molar-refractivity contribution in [3.63, 3.8) is 0 Å². The average Bonchev–Trinajstić information content (AvgIpc) is 2.19. The lowest BCUT2D eigenvalue weighted by Crippen LogP contribution is -1.99. The van der Waals surface area contributed by atoms with E-state index in [9.17, 15) is 0 Å². The van der Waals surface area contributed by atoms with Crippen molar-refractivity contribution in [1.82, 2.24) is 4.90 Å². The second-order valence-corrected chi connectivity index (χ2v) is 4.66. The molecule has 0 aliphatic heterocycles. The Morgan fingerprint density at radius 1 is 1.25 bits per heavy atom. The molecule has 8 heavy (non-hydrogen) atoms. The van der Waals surface area contributed by atoms with Gasteiger partial charge in [0.25, 0.3) is 0 Å². The molecular weight excluding hydrogens is 114 g/mol. The van der Waals surface area contributed by atoms with E-state index in [1.807, 2.05) is 26.0 Å². The molecular formula is C6H17NSi. The normalized spacial score (nSPS) is 18.0. The molecule has 0 aromatic carbocycles. The van der Waals surface area contributed by atoms with Crippen LogP contribution in [0.4, 0.5) is 0 Å². The zero-order valence-electron chi connectivity index (χ0n) is 6.44. The minimum absolute atomic E-state index is 1.22. The van der Waals surface area contributed by atoms with Crippen molar-refractivity contribution >= 4 is 10.2 Å². The zero-order chi connectivity index (χ0) is 6.57. The second kappa shape index (κ2) is 4.10. The quantitative estimate of drug-likeness (QED) is 0.422. The van der Waals surface area contributed by atoms with Gasteiger partial charge in [0.15, 0.2) is 0 Å². The molecule has 0 aromatic rings. The van der Waals surface area contributed by atoms with Gasteiger partial charge in [0.2, 0.25) is 0 Å². The highest BCUT2D eigenvalue weighted by molar-refractivity contribution is 6.13. The Morgan fingerprint density at radius 3 is 1.38 bits per heavy atom. The minimum Gasteiger partial charge on any atom is -0.312 e. The fourth-order valence-corrected chi connectivity index (χ4v) is 0.500. The van der Waals surface area contributed by atoms with E-state index in [0.717, 1.165) is 0 Å². The molecule has 0 atom stereocenters. The Bertz CT molecular complexity index is 47.7. The Morgan fingerprint density at radius 2 is 1.38 bits per heavy atom. The standard InChI is InChI=1S/C3H9N.C3H8Si/c1-4(2)3;4-3-1-2-3/h1-3H3;3H,1-2H2,4H3. The molecule has 1 saturated carbocycles. The van der Waals surface area contributed by atoms with Gasteiger partial charge in [-0.3, -0.25) is 0 Å². The Kier molecular flexibility index (Phi) is 4.19. The predicted molar refractivity (Wildman–Crippen MR) is 42.5 cm³/mol. The van der Waals surface area contributed by atoms with E-state index in [4.69, 9.17) is 0 Å². The van der Waals surface area contributed by atoms with Gasteiger partial charge in [0.1, 0.15) is 0 Å². The molecule has 0 radical (unpaired) electrons. The lowest BCUT2D eigenvalue weighted by atomic mass is 11.0. The molecule has 0 bridgehead atoms. The van der Waals surface area contributed by atoms with Crippen LogP contribution >= 0.6 is 0 Å². The first-order valence-electron chi connectivity index (χ1n) is 3.24. The van der Waals surface area contributed by atoms with Crippen molar-refractivity contribution in [2.24, 2.45) is 0 Å². The summed E-state index contributed by atoms with van der Waals surface area (Å²) in [6.45, 7) is 0. The first-order chi connectivity index (χ1) is 3.63. The molecule has 0 unspecified atom stereocenters. The lowest BCUT2D eigenvalue weighted by Gasteiger charge is -1.90. The molecule has 1 aliphatic rings. The van der Waals surface area contributed by atoms with E-state index in [-0.39, 0.29) is 0 Å². The summed E-state index contributed by atoms with van der Waals surface area (Å²) in [4.78, 5) is 2.00. The molecule has 0 heterocycles. The van der Waals surface area contributed by atoms with E-state index in [0.29, 0.717) is 0 Å². The van der Waals surface area contributed by atoms with Crippen LogP contribution < -0.4 is 0 Å². The highest BCUT2D eigenvalue weighted by Crippen LogP contribution is 2.31. The van der Waals surface area contributed by atoms with Gasteiger partial charge >= 0.3 is 0 Å². The number of hydrogen-bond acceptors (Lipinski definition) is 1. The van der Waals surface area contributed by atoms with E-state index in [2.05, 4.69) is 0 Å². The van der Waals surface area contributed by atoms with Gasteiger partial charge in [0.05, 0.1) is 0 Å². The van der Waals surface area contributed by atoms with Crippen LogP contribution in [0, 0.1) is 0 Å². The zero-order valence-corrected chi connectivity index (χ0v) is 8.44. The molecule has 1 fully saturated rings. The van der Waals surface area contributed by atoms with E-state index < -0.39 is 0 Å². The van der Waals surface area contributed by atoms with Crippen molar-refractivity contribution in [3.8, 4) is 0 Å². The van der Waals surface area contributed by atoms with Crippen LogP contribution in [0.1, 0.15) is 12.8 Å². The van der Waals surface area contributed by atoms with Crippen LogP contribution in [0.25, 0.3) is 0 Å². The first kappa shape index (κ1) is 8.18. The number of hydrogen-bond donors (Lipinski definition) is 0. The SMILES string of the molecule is CN(C)C.[SiH3]C1CC1. The summed E-state index contributed by atoms with van der Waals surface area (Å²) in [5.41, 5.74) is 1.22. The molecule has 1 aliphatic carbocycles. The largest absolute Gasteiger partial charge is 0.312 e. The van der Waals surface area contributed by atoms with Crippen LogP contribution in [-0.2, 0) is 0 Å². The minimum atomic E-state index is 1.22. The van der Waals surface area contributed by atoms with Crippen LogP contribution in [0.15, 0.2) is 0 Å². The molecule has 0 spiro atoms. The fraction of sp³-hybridized carbons (Fsp3) is 1.00. The third kappa shape index (κ3) is 16.4. The first-order valence-corrected chi connectivity index (χ1v) is 4.39. The molecule has 2 heteroatoms. The van der Waals surface area contributed by atoms with Crippen molar-refractivity contribution in [2.75, 3.05) is 21.1 Å². The topological polar surface area (TPSA) is 3.24 Å². The summed E-state index contributed by atoms with van der Waals surface area (Å²) in [6.07, 6.45) is 3.10. The van der Waals surface area contributed by atoms with Crippen molar-refractivity contribution in [2.45, 2.75) is 18.4 Å². The third-order valence-electron chi connectivity index (χ3n) is 0.866. The maximum atomic E-state index is 2.00. The van der Waals surface area contributed by atoms with Crippen LogP contribution in [-0.4, -0.2) is 36.3 Å². The summed E-state index contributed by atoms with van der Waals surface area (Å²) in [6, 6.07) is 0. The van der Waals surface area contributed by atoms with Gasteiger partial charge in [-0.15, -0.1) is 0 Å². The summed E-state index contributed by atoms with van der Waals surface area (Å²) >= 11 is 0. The van der Waals surface area contributed by atoms with Crippen LogP contribution in [0.5, 0.6) is 0 Å². The van der Waals surface area contributed by atoms with Gasteiger partial charge in [-0.1, -0.05) is 18.4 Å². The maximum Gasteiger partial charge on any atom is 0.00672 e. The molecule has 1 nitrogen and oxygen atoms in total. The Balaban J connectivity index is 0.000000122. The van der Waals surface area contributed by atoms with Crippen LogP contribution in [0.3, 0.4) is 0 Å². The molecule has 0 amide bonds. The highest BCUT2D eigenvalue weighted by Gasteiger charge is 2.12. The molecule has 0 N–H and O–H groups in total. The molecule has 1 rings (SSSR count). The third-order valence-corrected chi connectivity index (χ3v) is 2.02. The number of nitrogens with zero attached hydrogens (tertiary/aromatic N) is 1. The van der Waals surface area contributed by atoms with Gasteiger partial charge in [-0.2, -0.15) is 0 Å². The van der Waals surface area contributed by atoms with E-state index in [1.54, 1.807) is 12.8 Å². The highest BCUT2D eigenvalue weighted by atomic mass is 28.1. The fourth-order valence-electron chi connectivity index (χ4n) is 0.167. The van der Waals surface area contributed by atoms with Gasteiger partial charge in [0, 0.05) is 10.2 Å².